The highest BCUT2D eigenvalue weighted by Gasteiger charge is 2.24. The molecular weight excluding hydrogens is 350 g/mol. The molecule has 1 fully saturated rings. The molecule has 1 aliphatic rings. The Labute approximate surface area is 157 Å². The molecule has 7 nitrogen and oxygen atoms in total. The first-order chi connectivity index (χ1) is 12.6. The number of hydrogen-bond acceptors (Lipinski definition) is 6. The van der Waals surface area contributed by atoms with Crippen molar-refractivity contribution in [3.63, 3.8) is 0 Å². The van der Waals surface area contributed by atoms with E-state index >= 15 is 0 Å². The summed E-state index contributed by atoms with van der Waals surface area (Å²) in [5, 5.41) is 9.08. The Morgan fingerprint density at radius 3 is 2.85 bits per heavy atom. The van der Waals surface area contributed by atoms with E-state index in [0.717, 1.165) is 29.1 Å². The Kier molecular flexibility index (Phi) is 4.65. The van der Waals surface area contributed by atoms with Crippen molar-refractivity contribution in [3.8, 4) is 0 Å². The Hall–Kier alpha value is -2.38. The van der Waals surface area contributed by atoms with Crippen LogP contribution in [0.3, 0.4) is 0 Å². The molecule has 1 unspecified atom stereocenters. The van der Waals surface area contributed by atoms with Gasteiger partial charge in [0.2, 0.25) is 5.95 Å². The molecular formula is C18H22ClN7. The van der Waals surface area contributed by atoms with Gasteiger partial charge in [0, 0.05) is 18.6 Å². The second-order valence-electron chi connectivity index (χ2n) is 6.63. The van der Waals surface area contributed by atoms with Crippen LogP contribution < -0.4 is 11.1 Å². The number of hydrogen-bond donors (Lipinski definition) is 2. The minimum atomic E-state index is 0.211. The van der Waals surface area contributed by atoms with E-state index < -0.39 is 0 Å². The normalized spacial score (nSPS) is 16.2. The van der Waals surface area contributed by atoms with Gasteiger partial charge in [0.25, 0.3) is 0 Å². The van der Waals surface area contributed by atoms with Crippen molar-refractivity contribution in [2.45, 2.75) is 18.9 Å². The van der Waals surface area contributed by atoms with Crippen LogP contribution in [0.1, 0.15) is 24.4 Å². The Bertz CT molecular complexity index is 917. The Morgan fingerprint density at radius 2 is 2.08 bits per heavy atom. The number of nitrogen functional groups attached to an aromatic ring is 1. The number of aryl methyl sites for hydroxylation is 1. The number of aromatic nitrogens is 4. The maximum absolute atomic E-state index is 6.21. The number of nitrogens with two attached hydrogens (primary N) is 1. The van der Waals surface area contributed by atoms with Crippen LogP contribution in [0.15, 0.2) is 30.5 Å². The summed E-state index contributed by atoms with van der Waals surface area (Å²) in [7, 11) is 1.84. The van der Waals surface area contributed by atoms with Gasteiger partial charge in [0.05, 0.1) is 17.6 Å². The lowest BCUT2D eigenvalue weighted by atomic mass is 10.1. The summed E-state index contributed by atoms with van der Waals surface area (Å²) in [5.41, 5.74) is 7.98. The fraction of sp³-hybridized carbons (Fsp3) is 0.389. The number of likely N-dealkylation sites (tertiary alicyclic amines) is 1. The first-order valence-electron chi connectivity index (χ1n) is 8.80. The summed E-state index contributed by atoms with van der Waals surface area (Å²) in [6, 6.07) is 8.27. The van der Waals surface area contributed by atoms with Gasteiger partial charge < -0.3 is 11.1 Å². The average molecular weight is 372 g/mol. The number of halogens is 1. The van der Waals surface area contributed by atoms with E-state index in [0.29, 0.717) is 18.3 Å². The average Bonchev–Trinajstić information content (AvgIpc) is 3.26. The van der Waals surface area contributed by atoms with Gasteiger partial charge in [-0.25, -0.2) is 0 Å². The Balaban J connectivity index is 1.59. The first kappa shape index (κ1) is 17.1. The molecule has 3 heterocycles. The van der Waals surface area contributed by atoms with Crippen molar-refractivity contribution < 1.29 is 0 Å². The topological polar surface area (TPSA) is 84.9 Å². The number of fused-ring (bicyclic) bond motifs is 1. The third-order valence-corrected chi connectivity index (χ3v) is 5.13. The van der Waals surface area contributed by atoms with Crippen LogP contribution >= 0.6 is 11.6 Å². The highest BCUT2D eigenvalue weighted by Crippen LogP contribution is 2.27. The van der Waals surface area contributed by atoms with Crippen molar-refractivity contribution in [1.29, 1.82) is 0 Å². The molecule has 1 aromatic carbocycles. The fourth-order valence-electron chi connectivity index (χ4n) is 3.54. The number of anilines is 2. The molecule has 4 rings (SSSR count). The zero-order valence-electron chi connectivity index (χ0n) is 14.7. The van der Waals surface area contributed by atoms with Gasteiger partial charge in [-0.15, -0.1) is 0 Å². The number of rotatable bonds is 5. The predicted molar refractivity (Wildman–Crippen MR) is 104 cm³/mol. The van der Waals surface area contributed by atoms with Crippen molar-refractivity contribution in [2.24, 2.45) is 7.05 Å². The zero-order chi connectivity index (χ0) is 18.1. The minimum absolute atomic E-state index is 0.211. The van der Waals surface area contributed by atoms with Crippen LogP contribution in [-0.2, 0) is 7.05 Å². The zero-order valence-corrected chi connectivity index (χ0v) is 15.4. The molecule has 3 aromatic rings. The molecule has 26 heavy (non-hydrogen) atoms. The molecule has 1 saturated heterocycles. The maximum Gasteiger partial charge on any atom is 0.226 e. The largest absolute Gasteiger partial charge is 0.383 e. The number of nitrogens with one attached hydrogen (secondary N) is 1. The SMILES string of the molecule is Cn1ncc2c(N)nc(NCC(c3cccc(Cl)c3)N3CCCC3)nc21. The lowest BCUT2D eigenvalue weighted by molar-refractivity contribution is 0.256. The van der Waals surface area contributed by atoms with E-state index in [4.69, 9.17) is 17.3 Å². The standard InChI is InChI=1S/C18H22ClN7/c1-25-17-14(10-22-25)16(20)23-18(24-17)21-11-15(26-7-2-3-8-26)12-5-4-6-13(19)9-12/h4-6,9-10,15H,2-3,7-8,11H2,1H3,(H3,20,21,23,24). The maximum atomic E-state index is 6.21. The van der Waals surface area contributed by atoms with E-state index in [9.17, 15) is 0 Å². The van der Waals surface area contributed by atoms with E-state index in [-0.39, 0.29) is 6.04 Å². The van der Waals surface area contributed by atoms with Crippen LogP contribution in [-0.4, -0.2) is 44.3 Å². The third-order valence-electron chi connectivity index (χ3n) is 4.89. The molecule has 0 saturated carbocycles. The minimum Gasteiger partial charge on any atom is -0.383 e. The smallest absolute Gasteiger partial charge is 0.226 e. The first-order valence-corrected chi connectivity index (χ1v) is 9.18. The molecule has 1 atom stereocenters. The monoisotopic (exact) mass is 371 g/mol. The van der Waals surface area contributed by atoms with Crippen molar-refractivity contribution >= 4 is 34.4 Å². The summed E-state index contributed by atoms with van der Waals surface area (Å²) in [6.07, 6.45) is 4.14. The molecule has 0 spiro atoms. The fourth-order valence-corrected chi connectivity index (χ4v) is 3.73. The van der Waals surface area contributed by atoms with Crippen LogP contribution in [0.25, 0.3) is 11.0 Å². The van der Waals surface area contributed by atoms with Gasteiger partial charge in [-0.2, -0.15) is 15.1 Å². The van der Waals surface area contributed by atoms with Gasteiger partial charge >= 0.3 is 0 Å². The van der Waals surface area contributed by atoms with Crippen LogP contribution in [0.2, 0.25) is 5.02 Å². The molecule has 0 radical (unpaired) electrons. The van der Waals surface area contributed by atoms with Gasteiger partial charge in [-0.1, -0.05) is 23.7 Å². The summed E-state index contributed by atoms with van der Waals surface area (Å²) in [4.78, 5) is 11.4. The molecule has 1 aliphatic heterocycles. The third kappa shape index (κ3) is 3.32. The van der Waals surface area contributed by atoms with Gasteiger partial charge in [0.15, 0.2) is 5.65 Å². The van der Waals surface area contributed by atoms with Crippen molar-refractivity contribution in [2.75, 3.05) is 30.7 Å². The number of benzene rings is 1. The molecule has 136 valence electrons. The second-order valence-corrected chi connectivity index (χ2v) is 7.07. The molecule has 0 bridgehead atoms. The molecule has 8 heteroatoms. The Morgan fingerprint density at radius 1 is 1.27 bits per heavy atom. The summed E-state index contributed by atoms with van der Waals surface area (Å²) in [6.45, 7) is 2.86. The number of nitrogens with zero attached hydrogens (tertiary/aromatic N) is 5. The van der Waals surface area contributed by atoms with Crippen molar-refractivity contribution in [3.05, 3.63) is 41.0 Å². The summed E-state index contributed by atoms with van der Waals surface area (Å²) in [5.74, 6) is 0.955. The molecule has 3 N–H and O–H groups in total. The van der Waals surface area contributed by atoms with Crippen LogP contribution in [0.5, 0.6) is 0 Å². The van der Waals surface area contributed by atoms with E-state index in [1.54, 1.807) is 10.9 Å². The summed E-state index contributed by atoms with van der Waals surface area (Å²) >= 11 is 6.21. The molecule has 0 aliphatic carbocycles. The quantitative estimate of drug-likeness (QED) is 0.717. The highest BCUT2D eigenvalue weighted by atomic mass is 35.5. The van der Waals surface area contributed by atoms with Gasteiger partial charge in [-0.05, 0) is 43.6 Å². The molecule has 2 aromatic heterocycles. The molecule has 0 amide bonds. The predicted octanol–water partition coefficient (Wildman–Crippen LogP) is 2.85. The summed E-state index contributed by atoms with van der Waals surface area (Å²) < 4.78 is 1.70. The second kappa shape index (κ2) is 7.09. The van der Waals surface area contributed by atoms with Gasteiger partial charge in [0.1, 0.15) is 5.82 Å². The van der Waals surface area contributed by atoms with Crippen molar-refractivity contribution in [1.82, 2.24) is 24.6 Å². The lowest BCUT2D eigenvalue weighted by Gasteiger charge is -2.28. The van der Waals surface area contributed by atoms with E-state index in [1.165, 1.54) is 18.4 Å². The van der Waals surface area contributed by atoms with E-state index in [1.807, 2.05) is 25.2 Å². The lowest BCUT2D eigenvalue weighted by Crippen LogP contribution is -2.31. The van der Waals surface area contributed by atoms with Crippen LogP contribution in [0.4, 0.5) is 11.8 Å². The van der Waals surface area contributed by atoms with Crippen LogP contribution in [0, 0.1) is 0 Å². The van der Waals surface area contributed by atoms with E-state index in [2.05, 4.69) is 31.3 Å². The van der Waals surface area contributed by atoms with Gasteiger partial charge in [-0.3, -0.25) is 9.58 Å². The highest BCUT2D eigenvalue weighted by molar-refractivity contribution is 6.30.